The monoisotopic (exact) mass is 686 g/mol. The maximum atomic E-state index is 13.4. The average molecular weight is 687 g/mol. The Balaban J connectivity index is 1.53. The molecule has 0 saturated carbocycles. The first-order chi connectivity index (χ1) is 21.4. The Morgan fingerprint density at radius 2 is 1.64 bits per heavy atom. The summed E-state index contributed by atoms with van der Waals surface area (Å²) in [6, 6.07) is 17.3. The van der Waals surface area contributed by atoms with Gasteiger partial charge in [-0.15, -0.1) is 11.3 Å². The summed E-state index contributed by atoms with van der Waals surface area (Å²) in [4.78, 5) is 15.2. The maximum absolute atomic E-state index is 13.4. The smallest absolute Gasteiger partial charge is 0.269 e. The van der Waals surface area contributed by atoms with Gasteiger partial charge in [0.2, 0.25) is 5.69 Å². The highest BCUT2D eigenvalue weighted by Gasteiger charge is 2.22. The number of nitrogens with zero attached hydrogens (tertiary/aromatic N) is 3. The number of thiazole rings is 2. The first-order valence-corrected chi connectivity index (χ1v) is 19.0. The molecule has 1 aliphatic rings. The standard InChI is InChI=1S/C31H31N3O7S4/c1-2-33-30(21-29-34(16-8-19-44(36,37)38)27(22-42-29)24-9-4-3-5-10-24)43-28(31(33)35)14-13-23-15-17-32(18-20-45(39,40)41)26-12-7-6-11-25(23)26/h3-7,9-15,17,21-22H,2,8,16,18-20H2,1H3,(H-,36,37,38,39,40,41)/p+1. The first-order valence-electron chi connectivity index (χ1n) is 14.1. The molecule has 3 heterocycles. The van der Waals surface area contributed by atoms with Crippen molar-refractivity contribution in [2.45, 2.75) is 26.4 Å². The second kappa shape index (κ2) is 13.8. The molecule has 0 bridgehead atoms. The van der Waals surface area contributed by atoms with Crippen molar-refractivity contribution in [2.75, 3.05) is 23.0 Å². The molecule has 4 aromatic rings. The third-order valence-corrected chi connectivity index (χ3v) is 10.7. The SMILES string of the molecule is CCn1c(=O)c(=CC=C2C=CN(CCS(=O)(=O)O)c3ccccc32)s/c1=C/c1scc(-c2ccccc2)[n+]1CCCS(=O)(=O)O. The van der Waals surface area contributed by atoms with Crippen LogP contribution in [0.15, 0.2) is 83.1 Å². The molecule has 0 atom stereocenters. The minimum Gasteiger partial charge on any atom is -0.346 e. The van der Waals surface area contributed by atoms with Crippen LogP contribution in [0.5, 0.6) is 0 Å². The number of allylic oxidation sites excluding steroid dienone is 3. The van der Waals surface area contributed by atoms with E-state index in [0.717, 1.165) is 37.8 Å². The molecular weight excluding hydrogens is 655 g/mol. The molecule has 14 heteroatoms. The Labute approximate surface area is 269 Å². The fourth-order valence-corrected chi connectivity index (χ4v) is 8.07. The van der Waals surface area contributed by atoms with Gasteiger partial charge in [0.1, 0.15) is 4.66 Å². The van der Waals surface area contributed by atoms with E-state index < -0.39 is 26.0 Å². The Bertz CT molecular complexity index is 2160. The molecule has 0 aliphatic carbocycles. The molecule has 1 aliphatic heterocycles. The van der Waals surface area contributed by atoms with Crippen molar-refractivity contribution >= 4 is 66.3 Å². The Hall–Kier alpha value is -3.66. The van der Waals surface area contributed by atoms with Crippen molar-refractivity contribution in [3.8, 4) is 11.3 Å². The van der Waals surface area contributed by atoms with Crippen molar-refractivity contribution in [2.24, 2.45) is 0 Å². The van der Waals surface area contributed by atoms with E-state index >= 15 is 0 Å². The molecule has 2 aromatic heterocycles. The molecule has 0 amide bonds. The lowest BCUT2D eigenvalue weighted by Gasteiger charge is -2.27. The van der Waals surface area contributed by atoms with Crippen LogP contribution in [-0.4, -0.2) is 48.6 Å². The van der Waals surface area contributed by atoms with Gasteiger partial charge in [-0.05, 0) is 42.8 Å². The van der Waals surface area contributed by atoms with Gasteiger partial charge in [-0.25, -0.2) is 0 Å². The van der Waals surface area contributed by atoms with E-state index in [1.807, 2.05) is 89.7 Å². The largest absolute Gasteiger partial charge is 0.346 e. The van der Waals surface area contributed by atoms with Gasteiger partial charge in [0.05, 0.1) is 27.5 Å². The number of fused-ring (bicyclic) bond motifs is 1. The van der Waals surface area contributed by atoms with Gasteiger partial charge in [-0.1, -0.05) is 53.8 Å². The first kappa shape index (κ1) is 32.7. The summed E-state index contributed by atoms with van der Waals surface area (Å²) >= 11 is 2.84. The summed E-state index contributed by atoms with van der Waals surface area (Å²) < 4.78 is 68.9. The van der Waals surface area contributed by atoms with Crippen LogP contribution < -0.4 is 24.2 Å². The fraction of sp³-hybridized carbons (Fsp3) is 0.226. The number of hydrogen-bond acceptors (Lipinski definition) is 8. The van der Waals surface area contributed by atoms with Crippen LogP contribution >= 0.6 is 22.7 Å². The summed E-state index contributed by atoms with van der Waals surface area (Å²) in [5, 5.41) is 2.84. The summed E-state index contributed by atoms with van der Waals surface area (Å²) in [6.07, 6.45) is 9.40. The van der Waals surface area contributed by atoms with E-state index in [-0.39, 0.29) is 24.3 Å². The molecule has 0 radical (unpaired) electrons. The predicted octanol–water partition coefficient (Wildman–Crippen LogP) is 3.14. The van der Waals surface area contributed by atoms with Crippen molar-refractivity contribution in [3.63, 3.8) is 0 Å². The quantitative estimate of drug-likeness (QED) is 0.181. The zero-order valence-electron chi connectivity index (χ0n) is 24.3. The van der Waals surface area contributed by atoms with Crippen molar-refractivity contribution in [3.05, 3.63) is 108 Å². The normalized spacial score (nSPS) is 15.3. The number of hydrogen-bond donors (Lipinski definition) is 2. The molecule has 45 heavy (non-hydrogen) atoms. The number of rotatable bonds is 11. The molecule has 10 nitrogen and oxygen atoms in total. The molecular formula is C31H32N3O7S4+. The molecule has 2 N–H and O–H groups in total. The highest BCUT2D eigenvalue weighted by atomic mass is 32.2. The Kier molecular flexibility index (Phi) is 10.0. The minimum absolute atomic E-state index is 0.0964. The van der Waals surface area contributed by atoms with Gasteiger partial charge in [0, 0.05) is 42.5 Å². The summed E-state index contributed by atoms with van der Waals surface area (Å²) in [5.41, 5.74) is 4.25. The van der Waals surface area contributed by atoms with Crippen LogP contribution in [0.4, 0.5) is 5.69 Å². The van der Waals surface area contributed by atoms with Gasteiger partial charge >= 0.3 is 0 Å². The molecule has 0 spiro atoms. The lowest BCUT2D eigenvalue weighted by Crippen LogP contribution is -2.38. The lowest BCUT2D eigenvalue weighted by molar-refractivity contribution is -0.683. The number of anilines is 1. The summed E-state index contributed by atoms with van der Waals surface area (Å²) in [7, 11) is -8.21. The topological polar surface area (TPSA) is 138 Å². The highest BCUT2D eigenvalue weighted by molar-refractivity contribution is 7.86. The van der Waals surface area contributed by atoms with Crippen molar-refractivity contribution in [1.82, 2.24) is 4.57 Å². The second-order valence-electron chi connectivity index (χ2n) is 10.2. The van der Waals surface area contributed by atoms with Crippen LogP contribution in [0.3, 0.4) is 0 Å². The van der Waals surface area contributed by atoms with E-state index in [9.17, 15) is 30.7 Å². The fourth-order valence-electron chi connectivity index (χ4n) is 5.03. The van der Waals surface area contributed by atoms with Crippen LogP contribution in [0.1, 0.15) is 23.9 Å². The number of benzene rings is 2. The van der Waals surface area contributed by atoms with Gasteiger partial charge in [-0.2, -0.15) is 21.4 Å². The van der Waals surface area contributed by atoms with Crippen LogP contribution in [-0.2, 0) is 33.3 Å². The van der Waals surface area contributed by atoms with Gasteiger partial charge in [0.25, 0.3) is 30.8 Å². The molecule has 2 aromatic carbocycles. The zero-order valence-corrected chi connectivity index (χ0v) is 27.6. The lowest BCUT2D eigenvalue weighted by atomic mass is 9.99. The molecule has 0 fully saturated rings. The van der Waals surface area contributed by atoms with Gasteiger partial charge < -0.3 is 4.90 Å². The number of para-hydroxylation sites is 1. The average Bonchev–Trinajstić information content (AvgIpc) is 3.53. The third kappa shape index (κ3) is 8.14. The summed E-state index contributed by atoms with van der Waals surface area (Å²) in [6.45, 7) is 2.81. The van der Waals surface area contributed by atoms with E-state index in [2.05, 4.69) is 0 Å². The van der Waals surface area contributed by atoms with E-state index in [4.69, 9.17) is 0 Å². The summed E-state index contributed by atoms with van der Waals surface area (Å²) in [5.74, 6) is -0.759. The predicted molar refractivity (Wildman–Crippen MR) is 180 cm³/mol. The van der Waals surface area contributed by atoms with Crippen LogP contribution in [0, 0.1) is 0 Å². The second-order valence-corrected chi connectivity index (χ2v) is 15.3. The molecule has 0 saturated heterocycles. The van der Waals surface area contributed by atoms with E-state index in [0.29, 0.717) is 17.6 Å². The van der Waals surface area contributed by atoms with E-state index in [1.54, 1.807) is 21.7 Å². The molecule has 5 rings (SSSR count). The zero-order chi connectivity index (χ0) is 32.2. The minimum atomic E-state index is -4.11. The highest BCUT2D eigenvalue weighted by Crippen LogP contribution is 2.32. The van der Waals surface area contributed by atoms with Crippen LogP contribution in [0.25, 0.3) is 29.0 Å². The Morgan fingerprint density at radius 3 is 2.36 bits per heavy atom. The Morgan fingerprint density at radius 1 is 0.933 bits per heavy atom. The molecule has 236 valence electrons. The molecule has 0 unspecified atom stereocenters. The maximum Gasteiger partial charge on any atom is 0.269 e. The third-order valence-electron chi connectivity index (χ3n) is 7.16. The van der Waals surface area contributed by atoms with Crippen molar-refractivity contribution in [1.29, 1.82) is 0 Å². The van der Waals surface area contributed by atoms with Gasteiger partial charge in [-0.3, -0.25) is 18.5 Å². The van der Waals surface area contributed by atoms with Gasteiger partial charge in [0.15, 0.2) is 6.54 Å². The number of aromatic nitrogens is 2. The van der Waals surface area contributed by atoms with Crippen LogP contribution in [0.2, 0.25) is 0 Å². The van der Waals surface area contributed by atoms with E-state index in [1.165, 1.54) is 22.7 Å². The van der Waals surface area contributed by atoms with Crippen molar-refractivity contribution < 1.29 is 30.5 Å².